The summed E-state index contributed by atoms with van der Waals surface area (Å²) >= 11 is 0. The molecule has 4 aliphatic carbocycles. The highest BCUT2D eigenvalue weighted by atomic mass is 28.4. The quantitative estimate of drug-likeness (QED) is 0.189. The third-order valence-electron chi connectivity index (χ3n) is 15.4. The van der Waals surface area contributed by atoms with Gasteiger partial charge in [-0.15, -0.1) is 0 Å². The van der Waals surface area contributed by atoms with Crippen molar-refractivity contribution >= 4 is 16.6 Å². The van der Waals surface area contributed by atoms with E-state index in [0.717, 1.165) is 24.2 Å². The molecule has 0 spiro atoms. The fourth-order valence-corrected chi connectivity index (χ4v) is 13.5. The lowest BCUT2D eigenvalue weighted by Crippen LogP contribution is -2.61. The molecule has 4 fully saturated rings. The SMILES string of the molecule is CCCCCC[C@](C)(O)[C@H]1CC[C@H]2[C@@H]3CC(O[Si](C)(C)C(C)(C)C)[C@H]4CC(O[Si](C)(C)C(C)(C)C)CC[C@]4(C)[C@H]3CC[C@@]21C. The zero-order valence-electron chi connectivity index (χ0n) is 32.0. The first-order valence-electron chi connectivity index (χ1n) is 19.1. The highest BCUT2D eigenvalue weighted by Gasteiger charge is 2.65. The van der Waals surface area contributed by atoms with Crippen LogP contribution in [-0.2, 0) is 8.85 Å². The van der Waals surface area contributed by atoms with Crippen LogP contribution in [0.25, 0.3) is 0 Å². The Morgan fingerprint density at radius 3 is 1.84 bits per heavy atom. The van der Waals surface area contributed by atoms with Crippen molar-refractivity contribution in [1.82, 2.24) is 0 Å². The first-order chi connectivity index (χ1) is 20.0. The smallest absolute Gasteiger partial charge is 0.192 e. The highest BCUT2D eigenvalue weighted by Crippen LogP contribution is 2.69. The summed E-state index contributed by atoms with van der Waals surface area (Å²) < 4.78 is 14.7. The average molecular weight is 649 g/mol. The average Bonchev–Trinajstić information content (AvgIpc) is 3.24. The van der Waals surface area contributed by atoms with Gasteiger partial charge < -0.3 is 14.0 Å². The van der Waals surface area contributed by atoms with E-state index in [1.165, 1.54) is 77.0 Å². The largest absolute Gasteiger partial charge is 0.414 e. The second-order valence-electron chi connectivity index (χ2n) is 20.3. The van der Waals surface area contributed by atoms with Crippen molar-refractivity contribution < 1.29 is 14.0 Å². The third-order valence-corrected chi connectivity index (χ3v) is 24.5. The monoisotopic (exact) mass is 649 g/mol. The summed E-state index contributed by atoms with van der Waals surface area (Å²) in [5, 5.41) is 12.4. The van der Waals surface area contributed by atoms with Gasteiger partial charge in [0.15, 0.2) is 16.6 Å². The topological polar surface area (TPSA) is 38.7 Å². The van der Waals surface area contributed by atoms with E-state index in [1.807, 2.05) is 0 Å². The minimum absolute atomic E-state index is 0.210. The van der Waals surface area contributed by atoms with Gasteiger partial charge in [0, 0.05) is 12.2 Å². The molecule has 0 heterocycles. The van der Waals surface area contributed by atoms with Crippen LogP contribution in [-0.4, -0.2) is 39.6 Å². The van der Waals surface area contributed by atoms with E-state index in [4.69, 9.17) is 8.85 Å². The molecule has 0 aliphatic heterocycles. The van der Waals surface area contributed by atoms with Crippen LogP contribution in [0.4, 0.5) is 0 Å². The molecule has 0 aromatic rings. The van der Waals surface area contributed by atoms with Crippen molar-refractivity contribution in [2.24, 2.45) is 40.4 Å². The number of aliphatic hydroxyl groups is 1. The van der Waals surface area contributed by atoms with Crippen molar-refractivity contribution in [2.75, 3.05) is 0 Å². The summed E-state index contributed by atoms with van der Waals surface area (Å²) in [6.07, 6.45) is 16.7. The molecule has 4 rings (SSSR count). The minimum atomic E-state index is -1.95. The Morgan fingerprint density at radius 2 is 1.25 bits per heavy atom. The summed E-state index contributed by atoms with van der Waals surface area (Å²) in [6, 6.07) is 0. The second kappa shape index (κ2) is 12.6. The summed E-state index contributed by atoms with van der Waals surface area (Å²) in [6.45, 7) is 34.0. The normalized spacial score (nSPS) is 39.8. The van der Waals surface area contributed by atoms with Gasteiger partial charge in [0.2, 0.25) is 0 Å². The lowest BCUT2D eigenvalue weighted by Gasteiger charge is -2.64. The number of rotatable bonds is 10. The summed E-state index contributed by atoms with van der Waals surface area (Å²) in [4.78, 5) is 0. The van der Waals surface area contributed by atoms with Crippen LogP contribution >= 0.6 is 0 Å². The molecule has 1 N–H and O–H groups in total. The Morgan fingerprint density at radius 1 is 0.682 bits per heavy atom. The Bertz CT molecular complexity index is 977. The van der Waals surface area contributed by atoms with Gasteiger partial charge in [0.25, 0.3) is 0 Å². The predicted molar refractivity (Wildman–Crippen MR) is 194 cm³/mol. The molecular formula is C39H76O3Si2. The van der Waals surface area contributed by atoms with Crippen LogP contribution in [0.3, 0.4) is 0 Å². The maximum atomic E-state index is 12.0. The number of hydrogen-bond donors (Lipinski definition) is 1. The van der Waals surface area contributed by atoms with E-state index < -0.39 is 22.2 Å². The van der Waals surface area contributed by atoms with Crippen LogP contribution in [0.5, 0.6) is 0 Å². The van der Waals surface area contributed by atoms with Crippen LogP contribution < -0.4 is 0 Å². The van der Waals surface area contributed by atoms with Crippen molar-refractivity contribution in [3.63, 3.8) is 0 Å². The summed E-state index contributed by atoms with van der Waals surface area (Å²) in [5.74, 6) is 3.25. The standard InChI is InChI=1S/C39H76O3Si2/c1-15-16-17-18-23-39(10,40)34-20-19-30-29-27-33(42-44(13,14)36(5,6)7)32-26-28(41-43(11,12)35(2,3)4)21-24-37(32,8)31(29)22-25-38(30,34)9/h28-34,40H,15-27H2,1-14H3/t28?,29-,30-,31-,32+,33?,34-,37+,38-,39-/m0/s1. The Hall–Kier alpha value is 0.314. The molecule has 0 saturated heterocycles. The second-order valence-corrected chi connectivity index (χ2v) is 29.8. The van der Waals surface area contributed by atoms with Gasteiger partial charge >= 0.3 is 0 Å². The molecule has 10 atom stereocenters. The van der Waals surface area contributed by atoms with E-state index in [1.54, 1.807) is 0 Å². The van der Waals surface area contributed by atoms with E-state index in [-0.39, 0.29) is 15.5 Å². The lowest BCUT2D eigenvalue weighted by molar-refractivity contribution is -0.175. The fraction of sp³-hybridized carbons (Fsp3) is 1.00. The highest BCUT2D eigenvalue weighted by molar-refractivity contribution is 6.74. The molecule has 44 heavy (non-hydrogen) atoms. The Labute approximate surface area is 277 Å². The fourth-order valence-electron chi connectivity index (χ4n) is 10.7. The molecule has 0 amide bonds. The van der Waals surface area contributed by atoms with Gasteiger partial charge in [0.1, 0.15) is 0 Å². The zero-order valence-corrected chi connectivity index (χ0v) is 34.0. The molecule has 0 aromatic carbocycles. The van der Waals surface area contributed by atoms with Gasteiger partial charge in [-0.25, -0.2) is 0 Å². The number of hydrogen-bond acceptors (Lipinski definition) is 3. The van der Waals surface area contributed by atoms with Crippen LogP contribution in [0, 0.1) is 40.4 Å². The van der Waals surface area contributed by atoms with Crippen molar-refractivity contribution in [3.8, 4) is 0 Å². The van der Waals surface area contributed by atoms with Gasteiger partial charge in [-0.3, -0.25) is 0 Å². The van der Waals surface area contributed by atoms with Crippen molar-refractivity contribution in [1.29, 1.82) is 0 Å². The molecule has 4 saturated carbocycles. The van der Waals surface area contributed by atoms with E-state index in [2.05, 4.69) is 95.4 Å². The minimum Gasteiger partial charge on any atom is -0.414 e. The summed E-state index contributed by atoms with van der Waals surface area (Å²) in [7, 11) is -3.78. The third kappa shape index (κ3) is 6.90. The van der Waals surface area contributed by atoms with Crippen LogP contribution in [0.15, 0.2) is 0 Å². The number of unbranched alkanes of at least 4 members (excludes halogenated alkanes) is 3. The van der Waals surface area contributed by atoms with Crippen LogP contribution in [0.1, 0.15) is 153 Å². The zero-order chi connectivity index (χ0) is 33.1. The van der Waals surface area contributed by atoms with Gasteiger partial charge in [-0.2, -0.15) is 0 Å². The lowest BCUT2D eigenvalue weighted by atomic mass is 9.43. The van der Waals surface area contributed by atoms with Crippen molar-refractivity contribution in [2.45, 2.75) is 207 Å². The Kier molecular flexibility index (Phi) is 10.7. The maximum Gasteiger partial charge on any atom is 0.192 e. The first-order valence-corrected chi connectivity index (χ1v) is 24.9. The molecular weight excluding hydrogens is 573 g/mol. The molecule has 0 bridgehead atoms. The Balaban J connectivity index is 1.63. The molecule has 2 unspecified atom stereocenters. The van der Waals surface area contributed by atoms with Gasteiger partial charge in [0.05, 0.1) is 5.60 Å². The van der Waals surface area contributed by atoms with E-state index in [0.29, 0.717) is 29.5 Å². The molecule has 0 aromatic heterocycles. The van der Waals surface area contributed by atoms with Gasteiger partial charge in [-0.05, 0) is 141 Å². The van der Waals surface area contributed by atoms with Crippen LogP contribution in [0.2, 0.25) is 36.3 Å². The molecule has 4 aliphatic rings. The molecule has 0 radical (unpaired) electrons. The molecule has 5 heteroatoms. The number of fused-ring (bicyclic) bond motifs is 5. The first kappa shape index (κ1) is 37.1. The molecule has 3 nitrogen and oxygen atoms in total. The predicted octanol–water partition coefficient (Wildman–Crippen LogP) is 11.8. The maximum absolute atomic E-state index is 12.0. The molecule has 258 valence electrons. The van der Waals surface area contributed by atoms with Gasteiger partial charge in [-0.1, -0.05) is 88.0 Å². The summed E-state index contributed by atoms with van der Waals surface area (Å²) in [5.41, 5.74) is 0.0372. The van der Waals surface area contributed by atoms with E-state index >= 15 is 0 Å². The van der Waals surface area contributed by atoms with Crippen molar-refractivity contribution in [3.05, 3.63) is 0 Å². The van der Waals surface area contributed by atoms with E-state index in [9.17, 15) is 5.11 Å².